The van der Waals surface area contributed by atoms with Gasteiger partial charge in [-0.2, -0.15) is 0 Å². The monoisotopic (exact) mass is 487 g/mol. The summed E-state index contributed by atoms with van der Waals surface area (Å²) in [4.78, 5) is 51.2. The SMILES string of the molecule is C[C@H](NC(=O)OC(C)(C)C)C(=O)N1C[C@H](CCB(O)O)C[C@@](NC(=O)OC(C)(C)C)(C(=O)O)C1. The maximum Gasteiger partial charge on any atom is 0.451 e. The summed E-state index contributed by atoms with van der Waals surface area (Å²) in [5, 5.41) is 33.4. The lowest BCUT2D eigenvalue weighted by atomic mass is 9.75. The molecule has 3 atom stereocenters. The Labute approximate surface area is 200 Å². The Morgan fingerprint density at radius 3 is 2.06 bits per heavy atom. The minimum atomic E-state index is -1.87. The van der Waals surface area contributed by atoms with Crippen molar-refractivity contribution in [3.63, 3.8) is 0 Å². The van der Waals surface area contributed by atoms with Crippen LogP contribution in [0.3, 0.4) is 0 Å². The highest BCUT2D eigenvalue weighted by Crippen LogP contribution is 2.30. The first kappa shape index (κ1) is 29.5. The zero-order valence-electron chi connectivity index (χ0n) is 21.0. The molecule has 1 heterocycles. The number of likely N-dealkylation sites (tertiary alicyclic amines) is 1. The Bertz CT molecular complexity index is 764. The molecular formula is C21H38BN3O9. The minimum absolute atomic E-state index is 0.0411. The van der Waals surface area contributed by atoms with E-state index >= 15 is 0 Å². The van der Waals surface area contributed by atoms with Gasteiger partial charge in [0, 0.05) is 6.54 Å². The van der Waals surface area contributed by atoms with Crippen LogP contribution in [0, 0.1) is 5.92 Å². The zero-order chi connectivity index (χ0) is 26.5. The topological polar surface area (TPSA) is 175 Å². The van der Waals surface area contributed by atoms with E-state index in [1.165, 1.54) is 11.8 Å². The molecule has 1 rings (SSSR count). The van der Waals surface area contributed by atoms with Gasteiger partial charge in [-0.05, 0) is 67.1 Å². The summed E-state index contributed by atoms with van der Waals surface area (Å²) in [6.07, 6.45) is -1.65. The van der Waals surface area contributed by atoms with Gasteiger partial charge in [0.25, 0.3) is 0 Å². The van der Waals surface area contributed by atoms with Gasteiger partial charge in [0.05, 0.1) is 6.54 Å². The number of alkyl carbamates (subject to hydrolysis) is 2. The molecular weight excluding hydrogens is 449 g/mol. The van der Waals surface area contributed by atoms with E-state index in [4.69, 9.17) is 9.47 Å². The number of carboxylic acids is 1. The molecule has 0 aromatic rings. The number of carbonyl (C=O) groups excluding carboxylic acids is 3. The molecule has 0 spiro atoms. The van der Waals surface area contributed by atoms with E-state index in [-0.39, 0.29) is 32.3 Å². The number of carbonyl (C=O) groups is 4. The lowest BCUT2D eigenvalue weighted by Crippen LogP contribution is -2.67. The van der Waals surface area contributed by atoms with Crippen molar-refractivity contribution >= 4 is 31.2 Å². The normalized spacial score (nSPS) is 21.8. The Morgan fingerprint density at radius 1 is 1.06 bits per heavy atom. The molecule has 12 nitrogen and oxygen atoms in total. The summed E-state index contributed by atoms with van der Waals surface area (Å²) in [6, 6.07) is -1.04. The summed E-state index contributed by atoms with van der Waals surface area (Å²) in [7, 11) is -1.60. The minimum Gasteiger partial charge on any atom is -0.479 e. The van der Waals surface area contributed by atoms with E-state index in [0.717, 1.165) is 0 Å². The van der Waals surface area contributed by atoms with Gasteiger partial charge in [-0.3, -0.25) is 4.79 Å². The van der Waals surface area contributed by atoms with Crippen LogP contribution in [-0.4, -0.2) is 87.1 Å². The van der Waals surface area contributed by atoms with Crippen molar-refractivity contribution in [2.45, 2.75) is 90.4 Å². The Morgan fingerprint density at radius 2 is 1.59 bits per heavy atom. The molecule has 0 unspecified atom stereocenters. The van der Waals surface area contributed by atoms with E-state index in [0.29, 0.717) is 0 Å². The Balaban J connectivity index is 3.14. The fourth-order valence-electron chi connectivity index (χ4n) is 3.69. The van der Waals surface area contributed by atoms with Crippen LogP contribution in [-0.2, 0) is 19.1 Å². The molecule has 194 valence electrons. The lowest BCUT2D eigenvalue weighted by Gasteiger charge is -2.44. The van der Waals surface area contributed by atoms with Gasteiger partial charge in [-0.1, -0.05) is 6.42 Å². The average molecular weight is 487 g/mol. The fraction of sp³-hybridized carbons (Fsp3) is 0.810. The van der Waals surface area contributed by atoms with Crippen LogP contribution >= 0.6 is 0 Å². The molecule has 1 aliphatic heterocycles. The predicted octanol–water partition coefficient (Wildman–Crippen LogP) is 0.959. The molecule has 0 saturated carbocycles. The van der Waals surface area contributed by atoms with Crippen LogP contribution in [0.1, 0.15) is 61.3 Å². The second-order valence-electron chi connectivity index (χ2n) is 10.7. The molecule has 1 aliphatic rings. The van der Waals surface area contributed by atoms with Gasteiger partial charge in [0.2, 0.25) is 5.91 Å². The second kappa shape index (κ2) is 11.3. The van der Waals surface area contributed by atoms with Crippen LogP contribution in [0.4, 0.5) is 9.59 Å². The smallest absolute Gasteiger partial charge is 0.451 e. The Hall–Kier alpha value is -2.54. The molecule has 5 N–H and O–H groups in total. The summed E-state index contributed by atoms with van der Waals surface area (Å²) >= 11 is 0. The van der Waals surface area contributed by atoms with Crippen molar-refractivity contribution in [3.8, 4) is 0 Å². The van der Waals surface area contributed by atoms with Gasteiger partial charge >= 0.3 is 25.3 Å². The molecule has 0 radical (unpaired) electrons. The van der Waals surface area contributed by atoms with Crippen molar-refractivity contribution in [1.29, 1.82) is 0 Å². The van der Waals surface area contributed by atoms with Crippen LogP contribution in [0.5, 0.6) is 0 Å². The standard InChI is InChI=1S/C21H38BN3O9/c1-13(23-17(29)33-19(2,3)4)15(26)25-11-14(8-9-22(31)32)10-21(12-25,16(27)28)24-18(30)34-20(5,6)7/h13-14,31-32H,8-12H2,1-7H3,(H,23,29)(H,24,30)(H,27,28)/t13-,14+,21-/m0/s1. The van der Waals surface area contributed by atoms with E-state index in [1.807, 2.05) is 0 Å². The number of nitrogens with one attached hydrogen (secondary N) is 2. The molecule has 0 aromatic carbocycles. The quantitative estimate of drug-likeness (QED) is 0.328. The number of carboxylic acid groups (broad SMARTS) is 1. The number of aliphatic carboxylic acids is 1. The average Bonchev–Trinajstić information content (AvgIpc) is 2.62. The van der Waals surface area contributed by atoms with Crippen LogP contribution in [0.15, 0.2) is 0 Å². The van der Waals surface area contributed by atoms with E-state index in [1.54, 1.807) is 41.5 Å². The molecule has 0 aliphatic carbocycles. The lowest BCUT2D eigenvalue weighted by molar-refractivity contribution is -0.152. The first-order valence-corrected chi connectivity index (χ1v) is 11.2. The first-order chi connectivity index (χ1) is 15.3. The van der Waals surface area contributed by atoms with Crippen molar-refractivity contribution in [3.05, 3.63) is 0 Å². The van der Waals surface area contributed by atoms with E-state index in [9.17, 15) is 34.3 Å². The van der Waals surface area contributed by atoms with Crippen molar-refractivity contribution in [1.82, 2.24) is 15.5 Å². The summed E-state index contributed by atoms with van der Waals surface area (Å²) in [6.45, 7) is 11.1. The number of ether oxygens (including phenoxy) is 2. The zero-order valence-corrected chi connectivity index (χ0v) is 21.0. The van der Waals surface area contributed by atoms with Crippen LogP contribution in [0.25, 0.3) is 0 Å². The maximum atomic E-state index is 13.1. The largest absolute Gasteiger partial charge is 0.479 e. The molecule has 1 saturated heterocycles. The van der Waals surface area contributed by atoms with Gasteiger partial charge < -0.3 is 40.2 Å². The van der Waals surface area contributed by atoms with Gasteiger partial charge in [0.15, 0.2) is 5.54 Å². The van der Waals surface area contributed by atoms with Crippen molar-refractivity contribution < 1.29 is 43.8 Å². The third-order valence-electron chi connectivity index (χ3n) is 4.97. The third kappa shape index (κ3) is 9.76. The van der Waals surface area contributed by atoms with E-state index < -0.39 is 59.9 Å². The first-order valence-electron chi connectivity index (χ1n) is 11.2. The summed E-state index contributed by atoms with van der Waals surface area (Å²) in [5.41, 5.74) is -3.52. The highest BCUT2D eigenvalue weighted by molar-refractivity contribution is 6.40. The fourth-order valence-corrected chi connectivity index (χ4v) is 3.69. The number of rotatable bonds is 7. The molecule has 1 fully saturated rings. The van der Waals surface area contributed by atoms with Crippen LogP contribution in [0.2, 0.25) is 6.32 Å². The third-order valence-corrected chi connectivity index (χ3v) is 4.97. The molecule has 34 heavy (non-hydrogen) atoms. The second-order valence-corrected chi connectivity index (χ2v) is 10.7. The molecule has 0 bridgehead atoms. The van der Waals surface area contributed by atoms with Gasteiger partial charge in [0.1, 0.15) is 17.2 Å². The summed E-state index contributed by atoms with van der Waals surface area (Å²) in [5.74, 6) is -2.41. The Kier molecular flexibility index (Phi) is 9.77. The molecule has 13 heteroatoms. The highest BCUT2D eigenvalue weighted by atomic mass is 16.6. The molecule has 3 amide bonds. The number of piperidine rings is 1. The number of hydrogen-bond donors (Lipinski definition) is 5. The summed E-state index contributed by atoms with van der Waals surface area (Å²) < 4.78 is 10.4. The highest BCUT2D eigenvalue weighted by Gasteiger charge is 2.49. The maximum absolute atomic E-state index is 13.1. The van der Waals surface area contributed by atoms with Crippen molar-refractivity contribution in [2.75, 3.05) is 13.1 Å². The van der Waals surface area contributed by atoms with Crippen LogP contribution < -0.4 is 10.6 Å². The number of hydrogen-bond acceptors (Lipinski definition) is 8. The predicted molar refractivity (Wildman–Crippen MR) is 123 cm³/mol. The number of amides is 3. The number of nitrogens with zero attached hydrogens (tertiary/aromatic N) is 1. The van der Waals surface area contributed by atoms with Gasteiger partial charge in [-0.25, -0.2) is 14.4 Å². The van der Waals surface area contributed by atoms with Crippen molar-refractivity contribution in [2.24, 2.45) is 5.92 Å². The van der Waals surface area contributed by atoms with Gasteiger partial charge in [-0.15, -0.1) is 0 Å². The van der Waals surface area contributed by atoms with E-state index in [2.05, 4.69) is 10.6 Å². The molecule has 0 aromatic heterocycles.